The third-order valence-corrected chi connectivity index (χ3v) is 4.99. The molecule has 1 aliphatic rings. The fourth-order valence-corrected chi connectivity index (χ4v) is 3.63. The van der Waals surface area contributed by atoms with Crippen LogP contribution in [0.1, 0.15) is 24.1 Å². The molecule has 1 aromatic rings. The molecule has 1 aromatic heterocycles. The predicted octanol–water partition coefficient (Wildman–Crippen LogP) is 3.38. The molecule has 0 aromatic carbocycles. The van der Waals surface area contributed by atoms with Crippen molar-refractivity contribution < 1.29 is 9.47 Å². The van der Waals surface area contributed by atoms with Crippen LogP contribution in [0.15, 0.2) is 20.9 Å². The molecule has 5 nitrogen and oxygen atoms in total. The molecule has 1 saturated heterocycles. The van der Waals surface area contributed by atoms with Gasteiger partial charge in [0.25, 0.3) is 0 Å². The minimum atomic E-state index is 0. The zero-order chi connectivity index (χ0) is 15.6. The quantitative estimate of drug-likeness (QED) is 0.240. The van der Waals surface area contributed by atoms with E-state index in [0.717, 1.165) is 55.5 Å². The summed E-state index contributed by atoms with van der Waals surface area (Å²) in [6.45, 7) is 3.99. The minimum absolute atomic E-state index is 0. The first-order valence-corrected chi connectivity index (χ1v) is 9.27. The molecule has 0 saturated carbocycles. The van der Waals surface area contributed by atoms with Crippen LogP contribution >= 0.6 is 51.2 Å². The first-order chi connectivity index (χ1) is 10.8. The topological polar surface area (TPSA) is 54.9 Å². The lowest BCUT2D eigenvalue weighted by molar-refractivity contribution is 0.0168. The van der Waals surface area contributed by atoms with Crippen LogP contribution in [0.3, 0.4) is 0 Å². The largest absolute Gasteiger partial charge is 0.379 e. The summed E-state index contributed by atoms with van der Waals surface area (Å²) in [5, 5.41) is 6.60. The van der Waals surface area contributed by atoms with Gasteiger partial charge in [-0.05, 0) is 47.3 Å². The molecule has 0 amide bonds. The predicted molar refractivity (Wildman–Crippen MR) is 110 cm³/mol. The molecule has 2 N–H and O–H groups in total. The Morgan fingerprint density at radius 2 is 2.35 bits per heavy atom. The van der Waals surface area contributed by atoms with Crippen LogP contribution in [-0.4, -0.2) is 45.5 Å². The second-order valence-corrected chi connectivity index (χ2v) is 7.67. The van der Waals surface area contributed by atoms with Crippen molar-refractivity contribution >= 4 is 57.2 Å². The van der Waals surface area contributed by atoms with Crippen LogP contribution in [-0.2, 0) is 16.0 Å². The lowest BCUT2D eigenvalue weighted by Gasteiger charge is -2.12. The van der Waals surface area contributed by atoms with Crippen molar-refractivity contribution in [2.24, 2.45) is 4.99 Å². The van der Waals surface area contributed by atoms with E-state index in [4.69, 9.17) is 9.47 Å². The Kier molecular flexibility index (Phi) is 11.5. The van der Waals surface area contributed by atoms with Crippen LogP contribution in [0, 0.1) is 0 Å². The maximum atomic E-state index is 5.64. The van der Waals surface area contributed by atoms with Gasteiger partial charge in [-0.2, -0.15) is 0 Å². The van der Waals surface area contributed by atoms with Crippen LogP contribution in [0.25, 0.3) is 0 Å². The van der Waals surface area contributed by atoms with Gasteiger partial charge in [0.2, 0.25) is 0 Å². The lowest BCUT2D eigenvalue weighted by atomic mass is 10.2. The standard InChI is InChI=1S/C15H24BrN3O2S.HI/c1-17-15(19-10-13-5-6-14(16)22-13)18-7-3-8-20-11-12-4-2-9-21-12;/h5-6,12H,2-4,7-11H2,1H3,(H2,17,18,19);1H. The van der Waals surface area contributed by atoms with Gasteiger partial charge >= 0.3 is 0 Å². The Hall–Kier alpha value is 0.1000. The van der Waals surface area contributed by atoms with Gasteiger partial charge in [0.1, 0.15) is 0 Å². The van der Waals surface area contributed by atoms with Gasteiger partial charge in [-0.15, -0.1) is 35.3 Å². The van der Waals surface area contributed by atoms with E-state index in [1.54, 1.807) is 18.4 Å². The summed E-state index contributed by atoms with van der Waals surface area (Å²) in [4.78, 5) is 5.49. The highest BCUT2D eigenvalue weighted by Gasteiger charge is 2.14. The Labute approximate surface area is 167 Å². The van der Waals surface area contributed by atoms with Gasteiger partial charge in [0.05, 0.1) is 23.0 Å². The fraction of sp³-hybridized carbons (Fsp3) is 0.667. The van der Waals surface area contributed by atoms with Crippen molar-refractivity contribution in [2.75, 3.05) is 33.4 Å². The molecule has 0 spiro atoms. The van der Waals surface area contributed by atoms with E-state index in [1.165, 1.54) is 11.3 Å². The van der Waals surface area contributed by atoms with Gasteiger partial charge in [0.15, 0.2) is 5.96 Å². The van der Waals surface area contributed by atoms with Gasteiger partial charge in [-0.1, -0.05) is 0 Å². The number of ether oxygens (including phenoxy) is 2. The monoisotopic (exact) mass is 517 g/mol. The number of thiophene rings is 1. The van der Waals surface area contributed by atoms with Gasteiger partial charge in [-0.3, -0.25) is 4.99 Å². The summed E-state index contributed by atoms with van der Waals surface area (Å²) < 4.78 is 12.3. The highest BCUT2D eigenvalue weighted by atomic mass is 127. The molecular formula is C15H25BrIN3O2S. The summed E-state index contributed by atoms with van der Waals surface area (Å²) >= 11 is 5.20. The van der Waals surface area contributed by atoms with Crippen LogP contribution < -0.4 is 10.6 Å². The zero-order valence-electron chi connectivity index (χ0n) is 13.3. The van der Waals surface area contributed by atoms with E-state index in [-0.39, 0.29) is 24.0 Å². The van der Waals surface area contributed by atoms with E-state index in [2.05, 4.69) is 43.7 Å². The molecule has 8 heteroatoms. The summed E-state index contributed by atoms with van der Waals surface area (Å²) in [6, 6.07) is 4.16. The number of rotatable bonds is 8. The fourth-order valence-electron chi connectivity index (χ4n) is 2.21. The average Bonchev–Trinajstić information content (AvgIpc) is 3.17. The molecule has 0 aliphatic carbocycles. The molecule has 1 unspecified atom stereocenters. The molecule has 0 radical (unpaired) electrons. The molecule has 1 atom stereocenters. The van der Waals surface area contributed by atoms with Crippen LogP contribution in [0.2, 0.25) is 0 Å². The second kappa shape index (κ2) is 12.5. The van der Waals surface area contributed by atoms with E-state index in [9.17, 15) is 0 Å². The maximum absolute atomic E-state index is 5.64. The van der Waals surface area contributed by atoms with E-state index in [1.807, 2.05) is 0 Å². The van der Waals surface area contributed by atoms with E-state index < -0.39 is 0 Å². The first-order valence-electron chi connectivity index (χ1n) is 7.66. The summed E-state index contributed by atoms with van der Waals surface area (Å²) in [5.74, 6) is 0.823. The average molecular weight is 518 g/mol. The smallest absolute Gasteiger partial charge is 0.191 e. The Morgan fingerprint density at radius 3 is 3.00 bits per heavy atom. The number of hydrogen-bond donors (Lipinski definition) is 2. The first kappa shape index (κ1) is 21.1. The number of aliphatic imine (C=N–C) groups is 1. The highest BCUT2D eigenvalue weighted by Crippen LogP contribution is 2.21. The van der Waals surface area contributed by atoms with Crippen molar-refractivity contribution in [3.63, 3.8) is 0 Å². The maximum Gasteiger partial charge on any atom is 0.191 e. The van der Waals surface area contributed by atoms with Crippen molar-refractivity contribution in [2.45, 2.75) is 31.9 Å². The van der Waals surface area contributed by atoms with E-state index >= 15 is 0 Å². The molecule has 1 aliphatic heterocycles. The molecule has 23 heavy (non-hydrogen) atoms. The van der Waals surface area contributed by atoms with Crippen molar-refractivity contribution in [1.29, 1.82) is 0 Å². The zero-order valence-corrected chi connectivity index (χ0v) is 18.1. The SMILES string of the molecule is CN=C(NCCCOCC1CCCO1)NCc1ccc(Br)s1.I. The Bertz CT molecular complexity index is 467. The second-order valence-electron chi connectivity index (χ2n) is 5.12. The van der Waals surface area contributed by atoms with E-state index in [0.29, 0.717) is 6.10 Å². The number of guanidine groups is 1. The van der Waals surface area contributed by atoms with Crippen LogP contribution in [0.5, 0.6) is 0 Å². The van der Waals surface area contributed by atoms with Crippen molar-refractivity contribution in [3.8, 4) is 0 Å². The highest BCUT2D eigenvalue weighted by molar-refractivity contribution is 14.0. The van der Waals surface area contributed by atoms with Gasteiger partial charge in [0, 0.05) is 31.7 Å². The molecule has 1 fully saturated rings. The molecule has 132 valence electrons. The van der Waals surface area contributed by atoms with Crippen LogP contribution in [0.4, 0.5) is 0 Å². The Morgan fingerprint density at radius 1 is 1.48 bits per heavy atom. The number of nitrogens with one attached hydrogen (secondary N) is 2. The van der Waals surface area contributed by atoms with Crippen molar-refractivity contribution in [1.82, 2.24) is 10.6 Å². The van der Waals surface area contributed by atoms with Gasteiger partial charge in [-0.25, -0.2) is 0 Å². The van der Waals surface area contributed by atoms with Crippen molar-refractivity contribution in [3.05, 3.63) is 20.8 Å². The Balaban J connectivity index is 0.00000264. The molecule has 2 heterocycles. The third-order valence-electron chi connectivity index (χ3n) is 3.37. The lowest BCUT2D eigenvalue weighted by Crippen LogP contribution is -2.37. The molecule has 0 bridgehead atoms. The normalized spacial score (nSPS) is 17.8. The third kappa shape index (κ3) is 8.67. The van der Waals surface area contributed by atoms with Gasteiger partial charge < -0.3 is 20.1 Å². The summed E-state index contributed by atoms with van der Waals surface area (Å²) in [5.41, 5.74) is 0. The number of nitrogens with zero attached hydrogens (tertiary/aromatic N) is 1. The summed E-state index contributed by atoms with van der Waals surface area (Å²) in [7, 11) is 1.79. The molecule has 2 rings (SSSR count). The minimum Gasteiger partial charge on any atom is -0.379 e. The number of hydrogen-bond acceptors (Lipinski definition) is 4. The summed E-state index contributed by atoms with van der Waals surface area (Å²) in [6.07, 6.45) is 3.57. The molecular weight excluding hydrogens is 493 g/mol. The number of halogens is 2.